The molecule has 0 rings (SSSR count). The molecule has 0 heterocycles. The summed E-state index contributed by atoms with van der Waals surface area (Å²) in [6.45, 7) is 0. The van der Waals surface area contributed by atoms with Crippen LogP contribution in [-0.2, 0) is 0 Å². The Kier molecular flexibility index (Phi) is 13.1. The minimum absolute atomic E-state index is 0.171. The Morgan fingerprint density at radius 2 is 1.86 bits per heavy atom. The number of amidine groups is 1. The fourth-order valence-corrected chi connectivity index (χ4v) is 0. The van der Waals surface area contributed by atoms with Crippen LogP contribution in [-0.4, -0.2) is 23.6 Å². The summed E-state index contributed by atoms with van der Waals surface area (Å²) in [5.74, 6) is 0. The lowest BCUT2D eigenvalue weighted by atomic mass is 11.4. The van der Waals surface area contributed by atoms with Crippen LogP contribution in [0.2, 0.25) is 0 Å². The van der Waals surface area contributed by atoms with E-state index < -0.39 is 0 Å². The number of hydrogen-bond acceptors (Lipinski definition) is 3. The number of thioether (sulfide) groups is 1. The van der Waals surface area contributed by atoms with Crippen LogP contribution in [0.15, 0.2) is 0 Å². The van der Waals surface area contributed by atoms with Crippen LogP contribution in [0.1, 0.15) is 0 Å². The molecule has 0 aliphatic carbocycles. The van der Waals surface area contributed by atoms with Crippen molar-refractivity contribution in [2.75, 3.05) is 13.4 Å². The molecule has 44 valence electrons. The summed E-state index contributed by atoms with van der Waals surface area (Å²) in [5.41, 5.74) is 4.84. The second kappa shape index (κ2) is 9.24. The van der Waals surface area contributed by atoms with E-state index in [1.54, 1.807) is 6.26 Å². The van der Waals surface area contributed by atoms with Gasteiger partial charge in [-0.2, -0.15) is 0 Å². The Bertz CT molecular complexity index is 48.2. The quantitative estimate of drug-likeness (QED) is 0.309. The van der Waals surface area contributed by atoms with Gasteiger partial charge in [0.2, 0.25) is 0 Å². The molecule has 0 amide bonds. The molecule has 0 aliphatic rings. The molecule has 0 aliphatic heterocycles. The third-order valence-electron chi connectivity index (χ3n) is 0.220. The number of rotatable bonds is 0. The Morgan fingerprint density at radius 1 is 1.71 bits per heavy atom. The monoisotopic (exact) mass is 122 g/mol. The summed E-state index contributed by atoms with van der Waals surface area (Å²) >= 11 is 1.24. The van der Waals surface area contributed by atoms with Crippen LogP contribution < -0.4 is 5.73 Å². The van der Waals surface area contributed by atoms with E-state index >= 15 is 0 Å². The van der Waals surface area contributed by atoms with Gasteiger partial charge in [-0.05, 0) is 6.26 Å². The van der Waals surface area contributed by atoms with Crippen molar-refractivity contribution in [2.45, 2.75) is 0 Å². The van der Waals surface area contributed by atoms with Gasteiger partial charge in [-0.25, -0.2) is 0 Å². The number of aliphatic hydroxyl groups excluding tert-OH is 1. The van der Waals surface area contributed by atoms with E-state index in [1.165, 1.54) is 11.8 Å². The topological polar surface area (TPSA) is 70.1 Å². The third-order valence-corrected chi connectivity index (χ3v) is 0.660. The SMILES string of the molecule is CO.CSC(=N)N. The predicted molar refractivity (Wildman–Crippen MR) is 33.6 cm³/mol. The largest absolute Gasteiger partial charge is 0.400 e. The first-order valence-corrected chi connectivity index (χ1v) is 2.82. The van der Waals surface area contributed by atoms with E-state index in [0.717, 1.165) is 7.11 Å². The zero-order valence-electron chi connectivity index (χ0n) is 4.43. The van der Waals surface area contributed by atoms with Crippen LogP contribution in [0.4, 0.5) is 0 Å². The van der Waals surface area contributed by atoms with Crippen molar-refractivity contribution < 1.29 is 5.11 Å². The van der Waals surface area contributed by atoms with E-state index in [2.05, 4.69) is 0 Å². The highest BCUT2D eigenvalue weighted by atomic mass is 32.2. The minimum Gasteiger partial charge on any atom is -0.400 e. The molecule has 0 aromatic heterocycles. The van der Waals surface area contributed by atoms with Crippen molar-refractivity contribution in [3.8, 4) is 0 Å². The molecule has 4 heteroatoms. The van der Waals surface area contributed by atoms with Gasteiger partial charge in [-0.15, -0.1) is 0 Å². The van der Waals surface area contributed by atoms with Gasteiger partial charge in [0.05, 0.1) is 0 Å². The Morgan fingerprint density at radius 3 is 1.86 bits per heavy atom. The van der Waals surface area contributed by atoms with Gasteiger partial charge in [0, 0.05) is 7.11 Å². The summed E-state index contributed by atoms with van der Waals surface area (Å²) in [4.78, 5) is 0. The lowest BCUT2D eigenvalue weighted by Gasteiger charge is -1.78. The average molecular weight is 122 g/mol. The first-order chi connectivity index (χ1) is 3.27. The molecule has 4 N–H and O–H groups in total. The van der Waals surface area contributed by atoms with Gasteiger partial charge in [-0.3, -0.25) is 5.41 Å². The number of nitrogens with one attached hydrogen (secondary N) is 1. The molecular formula is C3H10N2OS. The maximum Gasteiger partial charge on any atom is 0.150 e. The van der Waals surface area contributed by atoms with Crippen LogP contribution in [0.3, 0.4) is 0 Å². The van der Waals surface area contributed by atoms with Gasteiger partial charge in [-0.1, -0.05) is 11.8 Å². The van der Waals surface area contributed by atoms with E-state index in [1.807, 2.05) is 0 Å². The predicted octanol–water partition coefficient (Wildman–Crippen LogP) is -0.149. The van der Waals surface area contributed by atoms with Crippen LogP contribution in [0, 0.1) is 5.41 Å². The summed E-state index contributed by atoms with van der Waals surface area (Å²) in [7, 11) is 1.00. The maximum absolute atomic E-state index is 7.00. The summed E-state index contributed by atoms with van der Waals surface area (Å²) in [6.07, 6.45) is 1.77. The normalized spacial score (nSPS) is 6.14. The smallest absolute Gasteiger partial charge is 0.150 e. The van der Waals surface area contributed by atoms with Crippen LogP contribution in [0.25, 0.3) is 0 Å². The van der Waals surface area contributed by atoms with Crippen LogP contribution >= 0.6 is 11.8 Å². The molecule has 0 saturated carbocycles. The number of hydrogen-bond donors (Lipinski definition) is 3. The lowest BCUT2D eigenvalue weighted by molar-refractivity contribution is 0.399. The zero-order chi connectivity index (χ0) is 6.28. The Labute approximate surface area is 47.4 Å². The summed E-state index contributed by atoms with van der Waals surface area (Å²) in [5, 5.41) is 13.7. The van der Waals surface area contributed by atoms with Gasteiger partial charge >= 0.3 is 0 Å². The van der Waals surface area contributed by atoms with Crippen molar-refractivity contribution in [1.29, 1.82) is 5.41 Å². The standard InChI is InChI=1S/C2H6N2S.CH4O/c1-5-2(3)4;1-2/h1H3,(H3,3,4);2H,1H3. The molecule has 0 atom stereocenters. The van der Waals surface area contributed by atoms with Gasteiger partial charge in [0.1, 0.15) is 0 Å². The molecule has 0 spiro atoms. The van der Waals surface area contributed by atoms with Gasteiger partial charge < -0.3 is 10.8 Å². The van der Waals surface area contributed by atoms with Crippen molar-refractivity contribution in [3.05, 3.63) is 0 Å². The van der Waals surface area contributed by atoms with Crippen molar-refractivity contribution in [2.24, 2.45) is 5.73 Å². The maximum atomic E-state index is 7.00. The van der Waals surface area contributed by atoms with Gasteiger partial charge in [0.25, 0.3) is 0 Å². The molecule has 0 aromatic carbocycles. The average Bonchev–Trinajstić information content (AvgIpc) is 1.73. The Hall–Kier alpha value is -0.220. The number of nitrogens with two attached hydrogens (primary N) is 1. The van der Waals surface area contributed by atoms with Crippen molar-refractivity contribution in [3.63, 3.8) is 0 Å². The zero-order valence-corrected chi connectivity index (χ0v) is 5.25. The summed E-state index contributed by atoms with van der Waals surface area (Å²) in [6, 6.07) is 0. The minimum atomic E-state index is 0.171. The molecule has 0 aromatic rings. The molecule has 0 saturated heterocycles. The van der Waals surface area contributed by atoms with Crippen molar-refractivity contribution >= 4 is 16.9 Å². The van der Waals surface area contributed by atoms with E-state index in [4.69, 9.17) is 16.2 Å². The van der Waals surface area contributed by atoms with Crippen LogP contribution in [0.5, 0.6) is 0 Å². The fourth-order valence-electron chi connectivity index (χ4n) is 0. The van der Waals surface area contributed by atoms with E-state index in [0.29, 0.717) is 0 Å². The van der Waals surface area contributed by atoms with E-state index in [9.17, 15) is 0 Å². The number of aliphatic hydroxyl groups is 1. The molecule has 0 bridgehead atoms. The molecular weight excluding hydrogens is 112 g/mol. The third kappa shape index (κ3) is 26.1. The van der Waals surface area contributed by atoms with E-state index in [-0.39, 0.29) is 5.17 Å². The van der Waals surface area contributed by atoms with Crippen molar-refractivity contribution in [1.82, 2.24) is 0 Å². The highest BCUT2D eigenvalue weighted by Crippen LogP contribution is 1.83. The fraction of sp³-hybridized carbons (Fsp3) is 0.667. The molecule has 0 fully saturated rings. The summed E-state index contributed by atoms with van der Waals surface area (Å²) < 4.78 is 0. The first kappa shape index (κ1) is 9.91. The molecule has 7 heavy (non-hydrogen) atoms. The highest BCUT2D eigenvalue weighted by molar-refractivity contribution is 8.13. The molecule has 3 nitrogen and oxygen atoms in total. The Balaban J connectivity index is 0. The first-order valence-electron chi connectivity index (χ1n) is 1.60. The second-order valence-electron chi connectivity index (χ2n) is 0.568. The molecule has 0 radical (unpaired) electrons. The highest BCUT2D eigenvalue weighted by Gasteiger charge is 1.71. The van der Waals surface area contributed by atoms with Gasteiger partial charge in [0.15, 0.2) is 5.17 Å². The lowest BCUT2D eigenvalue weighted by Crippen LogP contribution is -2.01. The molecule has 0 unspecified atom stereocenters. The second-order valence-corrected chi connectivity index (χ2v) is 1.42.